The number of benzene rings is 1. The fourth-order valence-corrected chi connectivity index (χ4v) is 2.51. The summed E-state index contributed by atoms with van der Waals surface area (Å²) < 4.78 is 0. The molecule has 0 spiro atoms. The third-order valence-electron chi connectivity index (χ3n) is 3.25. The molecule has 0 aliphatic carbocycles. The summed E-state index contributed by atoms with van der Waals surface area (Å²) in [6, 6.07) is 9.18. The number of aromatic amines is 2. The maximum atomic E-state index is 11.3. The molecule has 0 unspecified atom stereocenters. The number of imidazole rings is 1. The van der Waals surface area contributed by atoms with Crippen LogP contribution >= 0.6 is 11.6 Å². The number of aromatic nitrogens is 6. The number of nitrogens with zero attached hydrogens (tertiary/aromatic N) is 4. The van der Waals surface area contributed by atoms with Crippen molar-refractivity contribution in [1.29, 1.82) is 0 Å². The van der Waals surface area contributed by atoms with Gasteiger partial charge in [-0.1, -0.05) is 23.7 Å². The number of fused-ring (bicyclic) bond motifs is 1. The molecule has 7 nitrogen and oxygen atoms in total. The topological polar surface area (TPSA) is 92.2 Å². The van der Waals surface area contributed by atoms with Crippen molar-refractivity contribution in [2.24, 2.45) is 0 Å². The highest BCUT2D eigenvalue weighted by molar-refractivity contribution is 6.33. The van der Waals surface area contributed by atoms with Crippen molar-refractivity contribution in [3.63, 3.8) is 0 Å². The van der Waals surface area contributed by atoms with Gasteiger partial charge in [0.25, 0.3) is 0 Å². The summed E-state index contributed by atoms with van der Waals surface area (Å²) in [6.07, 6.45) is 3.23. The van der Waals surface area contributed by atoms with Gasteiger partial charge in [-0.3, -0.25) is 4.98 Å². The maximum Gasteiger partial charge on any atom is 0.325 e. The Hall–Kier alpha value is -2.93. The average molecular weight is 313 g/mol. The molecule has 8 heteroatoms. The van der Waals surface area contributed by atoms with Crippen LogP contribution in [0.25, 0.3) is 28.1 Å². The third-order valence-corrected chi connectivity index (χ3v) is 3.53. The zero-order chi connectivity index (χ0) is 15.1. The van der Waals surface area contributed by atoms with E-state index < -0.39 is 0 Å². The first-order valence-electron chi connectivity index (χ1n) is 6.46. The van der Waals surface area contributed by atoms with Crippen LogP contribution in [0.4, 0.5) is 0 Å². The largest absolute Gasteiger partial charge is 0.325 e. The van der Waals surface area contributed by atoms with Gasteiger partial charge in [0.1, 0.15) is 0 Å². The van der Waals surface area contributed by atoms with Gasteiger partial charge in [-0.15, -0.1) is 0 Å². The molecule has 0 saturated carbocycles. The quantitative estimate of drug-likeness (QED) is 0.593. The normalized spacial score (nSPS) is 11.1. The molecule has 0 amide bonds. The molecule has 3 aromatic heterocycles. The minimum absolute atomic E-state index is 0.309. The lowest BCUT2D eigenvalue weighted by molar-refractivity contribution is 0.752. The van der Waals surface area contributed by atoms with Crippen molar-refractivity contribution >= 4 is 22.8 Å². The number of H-pyrrole nitrogens is 2. The molecule has 0 aliphatic rings. The van der Waals surface area contributed by atoms with Crippen molar-refractivity contribution in [3.8, 4) is 16.9 Å². The van der Waals surface area contributed by atoms with Gasteiger partial charge >= 0.3 is 5.69 Å². The Morgan fingerprint density at radius 2 is 1.77 bits per heavy atom. The van der Waals surface area contributed by atoms with Crippen molar-refractivity contribution in [2.45, 2.75) is 0 Å². The van der Waals surface area contributed by atoms with Crippen LogP contribution in [-0.2, 0) is 0 Å². The predicted molar refractivity (Wildman–Crippen MR) is 82.1 cm³/mol. The summed E-state index contributed by atoms with van der Waals surface area (Å²) in [6.45, 7) is 0. The van der Waals surface area contributed by atoms with E-state index in [2.05, 4.69) is 25.1 Å². The molecular formula is C14H9ClN6O. The van der Waals surface area contributed by atoms with Crippen LogP contribution in [0.1, 0.15) is 0 Å². The standard InChI is InChI=1S/C14H9ClN6O/c15-10-7-11-13(20-14(22)18-11)19-12(10)8-1-3-9(4-2-8)21-16-5-6-17-21/h1-7H,(H2,18,19,20,22). The molecule has 0 bridgehead atoms. The van der Waals surface area contributed by atoms with Gasteiger partial charge < -0.3 is 4.98 Å². The van der Waals surface area contributed by atoms with Gasteiger partial charge in [0.05, 0.1) is 34.3 Å². The van der Waals surface area contributed by atoms with Gasteiger partial charge in [-0.05, 0) is 18.2 Å². The number of hydrogen-bond donors (Lipinski definition) is 2. The fraction of sp³-hybridized carbons (Fsp3) is 0. The van der Waals surface area contributed by atoms with Crippen LogP contribution < -0.4 is 5.69 Å². The Morgan fingerprint density at radius 1 is 1.05 bits per heavy atom. The molecule has 2 N–H and O–H groups in total. The molecule has 0 fully saturated rings. The molecule has 0 atom stereocenters. The lowest BCUT2D eigenvalue weighted by atomic mass is 10.1. The molecule has 4 rings (SSSR count). The first-order chi connectivity index (χ1) is 10.7. The van der Waals surface area contributed by atoms with Crippen LogP contribution in [0.5, 0.6) is 0 Å². The highest BCUT2D eigenvalue weighted by Gasteiger charge is 2.10. The van der Waals surface area contributed by atoms with Crippen LogP contribution in [0.15, 0.2) is 47.5 Å². The van der Waals surface area contributed by atoms with Gasteiger partial charge in [-0.2, -0.15) is 15.0 Å². The summed E-state index contributed by atoms with van der Waals surface area (Å²) in [5, 5.41) is 8.61. The van der Waals surface area contributed by atoms with E-state index in [0.29, 0.717) is 21.9 Å². The second-order valence-electron chi connectivity index (χ2n) is 4.66. The van der Waals surface area contributed by atoms with Crippen molar-refractivity contribution < 1.29 is 0 Å². The van der Waals surface area contributed by atoms with E-state index in [1.807, 2.05) is 24.3 Å². The third kappa shape index (κ3) is 2.08. The van der Waals surface area contributed by atoms with Crippen molar-refractivity contribution in [3.05, 3.63) is 58.2 Å². The molecule has 4 aromatic rings. The number of nitrogens with one attached hydrogen (secondary N) is 2. The maximum absolute atomic E-state index is 11.3. The second-order valence-corrected chi connectivity index (χ2v) is 5.07. The Kier molecular flexibility index (Phi) is 2.80. The van der Waals surface area contributed by atoms with Gasteiger partial charge in [0, 0.05) is 5.56 Å². The first-order valence-corrected chi connectivity index (χ1v) is 6.84. The fourth-order valence-electron chi connectivity index (χ4n) is 2.24. The van der Waals surface area contributed by atoms with Crippen LogP contribution in [-0.4, -0.2) is 29.9 Å². The Labute approximate surface area is 128 Å². The number of pyridine rings is 1. The van der Waals surface area contributed by atoms with Crippen LogP contribution in [0.3, 0.4) is 0 Å². The van der Waals surface area contributed by atoms with E-state index in [4.69, 9.17) is 11.6 Å². The predicted octanol–water partition coefficient (Wildman–Crippen LogP) is 2.15. The molecular weight excluding hydrogens is 304 g/mol. The van der Waals surface area contributed by atoms with Gasteiger partial charge in [0.15, 0.2) is 5.65 Å². The zero-order valence-corrected chi connectivity index (χ0v) is 11.9. The SMILES string of the molecule is O=c1[nH]c2cc(Cl)c(-c3ccc(-n4nccn4)cc3)nc2[nH]1. The van der Waals surface area contributed by atoms with E-state index in [-0.39, 0.29) is 5.69 Å². The minimum Gasteiger partial charge on any atom is -0.304 e. The Balaban J connectivity index is 1.81. The lowest BCUT2D eigenvalue weighted by Crippen LogP contribution is -1.99. The van der Waals surface area contributed by atoms with Crippen LogP contribution in [0.2, 0.25) is 5.02 Å². The Bertz CT molecular complexity index is 1000. The lowest BCUT2D eigenvalue weighted by Gasteiger charge is -2.05. The Morgan fingerprint density at radius 3 is 2.50 bits per heavy atom. The van der Waals surface area contributed by atoms with E-state index in [9.17, 15) is 4.79 Å². The summed E-state index contributed by atoms with van der Waals surface area (Å²) in [7, 11) is 0. The van der Waals surface area contributed by atoms with E-state index in [0.717, 1.165) is 11.3 Å². The molecule has 0 aliphatic heterocycles. The minimum atomic E-state index is -0.309. The summed E-state index contributed by atoms with van der Waals surface area (Å²) in [5.74, 6) is 0. The molecule has 3 heterocycles. The molecule has 22 heavy (non-hydrogen) atoms. The first kappa shape index (κ1) is 12.8. The van der Waals surface area contributed by atoms with Gasteiger partial charge in [0.2, 0.25) is 0 Å². The smallest absolute Gasteiger partial charge is 0.304 e. The average Bonchev–Trinajstić information content (AvgIpc) is 3.15. The van der Waals surface area contributed by atoms with E-state index >= 15 is 0 Å². The van der Waals surface area contributed by atoms with Crippen molar-refractivity contribution in [2.75, 3.05) is 0 Å². The summed E-state index contributed by atoms with van der Waals surface area (Å²) in [5.41, 5.74) is 3.02. The van der Waals surface area contributed by atoms with E-state index in [1.165, 1.54) is 4.80 Å². The summed E-state index contributed by atoms with van der Waals surface area (Å²) >= 11 is 6.26. The van der Waals surface area contributed by atoms with Gasteiger partial charge in [-0.25, -0.2) is 9.78 Å². The van der Waals surface area contributed by atoms with E-state index in [1.54, 1.807) is 18.5 Å². The second kappa shape index (κ2) is 4.81. The molecule has 0 radical (unpaired) electrons. The molecule has 1 aromatic carbocycles. The zero-order valence-electron chi connectivity index (χ0n) is 11.1. The van der Waals surface area contributed by atoms with Crippen molar-refractivity contribution in [1.82, 2.24) is 29.9 Å². The summed E-state index contributed by atoms with van der Waals surface area (Å²) in [4.78, 5) is 22.5. The number of rotatable bonds is 2. The highest BCUT2D eigenvalue weighted by Crippen LogP contribution is 2.28. The van der Waals surface area contributed by atoms with Crippen LogP contribution in [0, 0.1) is 0 Å². The molecule has 0 saturated heterocycles. The highest BCUT2D eigenvalue weighted by atomic mass is 35.5. The molecule has 108 valence electrons. The monoisotopic (exact) mass is 312 g/mol. The number of hydrogen-bond acceptors (Lipinski definition) is 4. The number of halogens is 1.